The lowest BCUT2D eigenvalue weighted by Gasteiger charge is -2.15. The van der Waals surface area contributed by atoms with Crippen molar-refractivity contribution in [1.29, 1.82) is 0 Å². The van der Waals surface area contributed by atoms with Crippen molar-refractivity contribution in [3.05, 3.63) is 20.8 Å². The molecule has 0 aromatic carbocycles. The number of aryl methyl sites for hydroxylation is 1. The van der Waals surface area contributed by atoms with Crippen LogP contribution in [0.15, 0.2) is 5.38 Å². The van der Waals surface area contributed by atoms with E-state index in [1.165, 1.54) is 11.3 Å². The van der Waals surface area contributed by atoms with Crippen molar-refractivity contribution < 1.29 is 4.79 Å². The van der Waals surface area contributed by atoms with Crippen LogP contribution in [0.25, 0.3) is 0 Å². The van der Waals surface area contributed by atoms with Crippen LogP contribution in [-0.4, -0.2) is 17.8 Å². The fourth-order valence-electron chi connectivity index (χ4n) is 1.81. The van der Waals surface area contributed by atoms with Crippen molar-refractivity contribution in [1.82, 2.24) is 5.32 Å². The second-order valence-corrected chi connectivity index (χ2v) is 6.45. The first-order chi connectivity index (χ1) is 8.60. The number of halogens is 2. The van der Waals surface area contributed by atoms with Crippen LogP contribution in [0.1, 0.15) is 41.4 Å². The molecule has 0 aliphatic heterocycles. The van der Waals surface area contributed by atoms with Crippen molar-refractivity contribution in [2.45, 2.75) is 33.1 Å². The van der Waals surface area contributed by atoms with Crippen molar-refractivity contribution in [3.63, 3.8) is 0 Å². The molecule has 1 aromatic rings. The maximum atomic E-state index is 12.0. The second-order valence-electron chi connectivity index (χ2n) is 4.40. The normalized spacial score (nSPS) is 12.4. The molecule has 0 bridgehead atoms. The molecule has 0 fully saturated rings. The summed E-state index contributed by atoms with van der Waals surface area (Å²) >= 11 is 10.9. The molecule has 18 heavy (non-hydrogen) atoms. The molecule has 0 spiro atoms. The largest absolute Gasteiger partial charge is 0.351 e. The van der Waals surface area contributed by atoms with Crippen LogP contribution in [0.4, 0.5) is 0 Å². The predicted molar refractivity (Wildman–Crippen MR) is 83.2 cm³/mol. The summed E-state index contributed by atoms with van der Waals surface area (Å²) in [5, 5.41) is 6.47. The first kappa shape index (κ1) is 16.0. The highest BCUT2D eigenvalue weighted by Crippen LogP contribution is 2.27. The highest BCUT2D eigenvalue weighted by molar-refractivity contribution is 9.09. The maximum Gasteiger partial charge on any atom is 0.262 e. The van der Waals surface area contributed by atoms with E-state index in [9.17, 15) is 4.79 Å². The standard InChI is InChI=1S/C13H19BrClNOS/c1-3-4-10(5-6-14)7-16-13(17)12-11(15)9(2)8-18-12/h8,10H,3-7H2,1-2H3,(H,16,17). The number of carbonyl (C=O) groups excluding carboxylic acids is 1. The summed E-state index contributed by atoms with van der Waals surface area (Å²) in [7, 11) is 0. The number of amides is 1. The number of carbonyl (C=O) groups is 1. The van der Waals surface area contributed by atoms with E-state index < -0.39 is 0 Å². The molecule has 0 aliphatic rings. The molecule has 1 atom stereocenters. The number of hydrogen-bond donors (Lipinski definition) is 1. The molecule has 0 saturated heterocycles. The van der Waals surface area contributed by atoms with Crippen LogP contribution < -0.4 is 5.32 Å². The topological polar surface area (TPSA) is 29.1 Å². The zero-order chi connectivity index (χ0) is 13.5. The van der Waals surface area contributed by atoms with E-state index in [-0.39, 0.29) is 5.91 Å². The Hall–Kier alpha value is -0.0600. The molecular weight excluding hydrogens is 334 g/mol. The first-order valence-corrected chi connectivity index (χ1v) is 8.55. The minimum atomic E-state index is -0.0474. The Morgan fingerprint density at radius 1 is 1.56 bits per heavy atom. The Labute approximate surface area is 126 Å². The summed E-state index contributed by atoms with van der Waals surface area (Å²) in [6, 6.07) is 0. The summed E-state index contributed by atoms with van der Waals surface area (Å²) in [5.74, 6) is 0.493. The molecule has 1 N–H and O–H groups in total. The van der Waals surface area contributed by atoms with Gasteiger partial charge < -0.3 is 5.32 Å². The summed E-state index contributed by atoms with van der Waals surface area (Å²) in [4.78, 5) is 12.6. The third kappa shape index (κ3) is 4.56. The molecule has 1 unspecified atom stereocenters. The van der Waals surface area contributed by atoms with E-state index in [1.54, 1.807) is 0 Å². The van der Waals surface area contributed by atoms with Gasteiger partial charge in [0.15, 0.2) is 0 Å². The zero-order valence-electron chi connectivity index (χ0n) is 10.8. The van der Waals surface area contributed by atoms with Gasteiger partial charge in [0, 0.05) is 11.9 Å². The average Bonchev–Trinajstić information content (AvgIpc) is 2.67. The summed E-state index contributed by atoms with van der Waals surface area (Å²) in [5.41, 5.74) is 0.970. The van der Waals surface area contributed by atoms with E-state index in [2.05, 4.69) is 28.2 Å². The van der Waals surface area contributed by atoms with E-state index in [0.29, 0.717) is 15.8 Å². The smallest absolute Gasteiger partial charge is 0.262 e. The summed E-state index contributed by atoms with van der Waals surface area (Å²) in [6.45, 7) is 4.81. The minimum absolute atomic E-state index is 0.0474. The van der Waals surface area contributed by atoms with Crippen molar-refractivity contribution in [2.24, 2.45) is 5.92 Å². The number of alkyl halides is 1. The monoisotopic (exact) mass is 351 g/mol. The Morgan fingerprint density at radius 3 is 2.78 bits per heavy atom. The van der Waals surface area contributed by atoms with Gasteiger partial charge in [0.25, 0.3) is 5.91 Å². The van der Waals surface area contributed by atoms with Crippen LogP contribution in [0, 0.1) is 12.8 Å². The van der Waals surface area contributed by atoms with Crippen molar-refractivity contribution in [3.8, 4) is 0 Å². The number of nitrogens with one attached hydrogen (secondary N) is 1. The predicted octanol–water partition coefficient (Wildman–Crippen LogP) is 4.64. The highest BCUT2D eigenvalue weighted by atomic mass is 79.9. The lowest BCUT2D eigenvalue weighted by molar-refractivity contribution is 0.0950. The van der Waals surface area contributed by atoms with E-state index in [0.717, 1.165) is 36.7 Å². The molecule has 1 amide bonds. The molecule has 5 heteroatoms. The fourth-order valence-corrected chi connectivity index (χ4v) is 3.65. The SMILES string of the molecule is CCCC(CCBr)CNC(=O)c1scc(C)c1Cl. The summed E-state index contributed by atoms with van der Waals surface area (Å²) in [6.07, 6.45) is 3.38. The lowest BCUT2D eigenvalue weighted by Crippen LogP contribution is -2.29. The van der Waals surface area contributed by atoms with Crippen LogP contribution in [-0.2, 0) is 0 Å². The van der Waals surface area contributed by atoms with Crippen molar-refractivity contribution in [2.75, 3.05) is 11.9 Å². The Kier molecular flexibility index (Phi) is 7.27. The van der Waals surface area contributed by atoms with Crippen LogP contribution >= 0.6 is 38.9 Å². The van der Waals surface area contributed by atoms with Gasteiger partial charge in [0.05, 0.1) is 5.02 Å². The molecule has 0 aliphatic carbocycles. The van der Waals surface area contributed by atoms with E-state index in [4.69, 9.17) is 11.6 Å². The van der Waals surface area contributed by atoms with Gasteiger partial charge in [-0.3, -0.25) is 4.79 Å². The third-order valence-corrected chi connectivity index (χ3v) is 5.02. The van der Waals surface area contributed by atoms with Crippen LogP contribution in [0.2, 0.25) is 5.02 Å². The maximum absolute atomic E-state index is 12.0. The van der Waals surface area contributed by atoms with Gasteiger partial charge in [-0.05, 0) is 36.6 Å². The molecule has 2 nitrogen and oxygen atoms in total. The first-order valence-electron chi connectivity index (χ1n) is 6.17. The van der Waals surface area contributed by atoms with E-state index >= 15 is 0 Å². The Balaban J connectivity index is 2.51. The quantitative estimate of drug-likeness (QED) is 0.712. The highest BCUT2D eigenvalue weighted by Gasteiger charge is 2.16. The average molecular weight is 353 g/mol. The molecule has 1 rings (SSSR count). The number of hydrogen-bond acceptors (Lipinski definition) is 2. The van der Waals surface area contributed by atoms with Gasteiger partial charge in [0.1, 0.15) is 4.88 Å². The molecular formula is C13H19BrClNOS. The van der Waals surface area contributed by atoms with E-state index in [1.807, 2.05) is 12.3 Å². The van der Waals surface area contributed by atoms with Crippen LogP contribution in [0.3, 0.4) is 0 Å². The molecule has 1 aromatic heterocycles. The number of thiophene rings is 1. The van der Waals surface area contributed by atoms with Gasteiger partial charge in [-0.2, -0.15) is 0 Å². The zero-order valence-corrected chi connectivity index (χ0v) is 13.9. The van der Waals surface area contributed by atoms with Crippen molar-refractivity contribution >= 4 is 44.8 Å². The van der Waals surface area contributed by atoms with Gasteiger partial charge >= 0.3 is 0 Å². The molecule has 1 heterocycles. The molecule has 102 valence electrons. The lowest BCUT2D eigenvalue weighted by atomic mass is 10.0. The Bertz CT molecular complexity index is 388. The van der Waals surface area contributed by atoms with Gasteiger partial charge in [-0.25, -0.2) is 0 Å². The van der Waals surface area contributed by atoms with Gasteiger partial charge in [-0.15, -0.1) is 11.3 Å². The molecule has 0 saturated carbocycles. The second kappa shape index (κ2) is 8.18. The summed E-state index contributed by atoms with van der Waals surface area (Å²) < 4.78 is 0. The Morgan fingerprint density at radius 2 is 2.28 bits per heavy atom. The minimum Gasteiger partial charge on any atom is -0.351 e. The fraction of sp³-hybridized carbons (Fsp3) is 0.615. The van der Waals surface area contributed by atoms with Gasteiger partial charge in [-0.1, -0.05) is 40.9 Å². The van der Waals surface area contributed by atoms with Crippen LogP contribution in [0.5, 0.6) is 0 Å². The third-order valence-electron chi connectivity index (χ3n) is 2.87. The van der Waals surface area contributed by atoms with Gasteiger partial charge in [0.2, 0.25) is 0 Å². The molecule has 0 radical (unpaired) electrons. The number of rotatable bonds is 7.